The maximum Gasteiger partial charge on any atom is 0.472 e. The number of esters is 4. The summed E-state index contributed by atoms with van der Waals surface area (Å²) >= 11 is 0. The lowest BCUT2D eigenvalue weighted by atomic mass is 10.0. The van der Waals surface area contributed by atoms with Crippen molar-refractivity contribution >= 4 is 39.5 Å². The molecule has 0 aliphatic carbocycles. The van der Waals surface area contributed by atoms with Gasteiger partial charge in [0.15, 0.2) is 12.2 Å². The van der Waals surface area contributed by atoms with Gasteiger partial charge in [0.2, 0.25) is 0 Å². The number of aliphatic hydroxyl groups excluding tert-OH is 1. The van der Waals surface area contributed by atoms with Crippen molar-refractivity contribution < 1.29 is 80.2 Å². The van der Waals surface area contributed by atoms with E-state index in [9.17, 15) is 43.2 Å². The number of carbonyl (C=O) groups is 4. The quantitative estimate of drug-likeness (QED) is 0.0222. The van der Waals surface area contributed by atoms with Gasteiger partial charge in [0, 0.05) is 25.7 Å². The molecule has 2 unspecified atom stereocenters. The Balaban J connectivity index is 5.15. The van der Waals surface area contributed by atoms with Crippen LogP contribution in [0.2, 0.25) is 0 Å². The Labute approximate surface area is 473 Å². The molecule has 0 amide bonds. The van der Waals surface area contributed by atoms with Crippen LogP contribution in [0, 0.1) is 0 Å². The molecule has 19 heteroatoms. The molecule has 0 spiro atoms. The van der Waals surface area contributed by atoms with E-state index in [2.05, 4.69) is 27.7 Å². The second kappa shape index (κ2) is 54.3. The summed E-state index contributed by atoms with van der Waals surface area (Å²) in [5.41, 5.74) is 0. The van der Waals surface area contributed by atoms with Gasteiger partial charge in [-0.15, -0.1) is 0 Å². The largest absolute Gasteiger partial charge is 0.472 e. The van der Waals surface area contributed by atoms with Crippen LogP contribution in [0.5, 0.6) is 0 Å². The summed E-state index contributed by atoms with van der Waals surface area (Å²) in [6.45, 7) is 4.74. The average molecular weight is 1160 g/mol. The number of rotatable bonds is 60. The van der Waals surface area contributed by atoms with Crippen LogP contribution in [0.25, 0.3) is 0 Å². The molecule has 0 aliphatic rings. The van der Waals surface area contributed by atoms with Gasteiger partial charge in [0.1, 0.15) is 19.3 Å². The summed E-state index contributed by atoms with van der Waals surface area (Å²) in [6.07, 6.45) is 37.9. The SMILES string of the molecule is CCCCCCCCCCCCCCCCCC(=O)O[C@H](COC(=O)CCCCCCCCCCC)COP(=O)(O)OC[C@@H](O)COP(=O)(O)OC[C@@H](COC(=O)CCCCCCC)OC(=O)CCCCCCCCCCC. The zero-order valence-electron chi connectivity index (χ0n) is 49.6. The van der Waals surface area contributed by atoms with Gasteiger partial charge < -0.3 is 33.8 Å². The van der Waals surface area contributed by atoms with E-state index in [1.807, 2.05) is 0 Å². The maximum absolute atomic E-state index is 12.9. The van der Waals surface area contributed by atoms with Crippen LogP contribution in [0.3, 0.4) is 0 Å². The summed E-state index contributed by atoms with van der Waals surface area (Å²) in [4.78, 5) is 71.6. The molecule has 0 radical (unpaired) electrons. The van der Waals surface area contributed by atoms with Crippen LogP contribution in [-0.2, 0) is 65.4 Å². The monoisotopic (exact) mass is 1160 g/mol. The van der Waals surface area contributed by atoms with Gasteiger partial charge in [-0.3, -0.25) is 37.3 Å². The molecule has 78 heavy (non-hydrogen) atoms. The number of phosphoric acid groups is 2. The molecule has 0 bridgehead atoms. The first kappa shape index (κ1) is 76.1. The number of hydrogen-bond donors (Lipinski definition) is 3. The van der Waals surface area contributed by atoms with E-state index < -0.39 is 97.5 Å². The first-order valence-corrected chi connectivity index (χ1v) is 34.3. The third-order valence-electron chi connectivity index (χ3n) is 13.6. The van der Waals surface area contributed by atoms with Crippen molar-refractivity contribution in [3.63, 3.8) is 0 Å². The molecule has 3 N–H and O–H groups in total. The van der Waals surface area contributed by atoms with E-state index in [4.69, 9.17) is 37.0 Å². The van der Waals surface area contributed by atoms with E-state index in [1.165, 1.54) is 122 Å². The Morgan fingerprint density at radius 2 is 0.513 bits per heavy atom. The van der Waals surface area contributed by atoms with Gasteiger partial charge in [-0.1, -0.05) is 246 Å². The number of unbranched alkanes of at least 4 members (excludes halogenated alkanes) is 34. The molecule has 5 atom stereocenters. The molecule has 0 aromatic heterocycles. The lowest BCUT2D eigenvalue weighted by molar-refractivity contribution is -0.161. The minimum Gasteiger partial charge on any atom is -0.462 e. The van der Waals surface area contributed by atoms with Crippen LogP contribution < -0.4 is 0 Å². The van der Waals surface area contributed by atoms with Crippen molar-refractivity contribution in [3.05, 3.63) is 0 Å². The van der Waals surface area contributed by atoms with Gasteiger partial charge in [-0.25, -0.2) is 9.13 Å². The second-order valence-corrected chi connectivity index (χ2v) is 24.3. The van der Waals surface area contributed by atoms with Crippen molar-refractivity contribution in [2.45, 2.75) is 316 Å². The van der Waals surface area contributed by atoms with E-state index >= 15 is 0 Å². The molecule has 0 aromatic rings. The second-order valence-electron chi connectivity index (χ2n) is 21.4. The average Bonchev–Trinajstić information content (AvgIpc) is 3.41. The zero-order chi connectivity index (χ0) is 57.6. The van der Waals surface area contributed by atoms with Gasteiger partial charge in [-0.2, -0.15) is 0 Å². The third kappa shape index (κ3) is 53.4. The summed E-state index contributed by atoms with van der Waals surface area (Å²) < 4.78 is 67.5. The van der Waals surface area contributed by atoms with Crippen LogP contribution in [0.15, 0.2) is 0 Å². The summed E-state index contributed by atoms with van der Waals surface area (Å²) in [5, 5.41) is 10.5. The number of hydrogen-bond acceptors (Lipinski definition) is 15. The first-order chi connectivity index (χ1) is 37.7. The standard InChI is InChI=1S/C59H114O17P2/c1-5-9-13-17-20-23-24-25-26-27-28-31-34-38-42-46-59(64)76-55(50-70-57(62)44-40-36-32-29-21-18-14-10-6-2)52-74-78(67,68)72-48-53(60)47-71-77(65,66)73-51-54(49-69-56(61)43-39-35-16-12-8-4)75-58(63)45-41-37-33-30-22-19-15-11-7-3/h53-55,60H,5-52H2,1-4H3,(H,65,66)(H,67,68)/t53-,54+,55+/m0/s1. The Hall–Kier alpha value is -1.94. The van der Waals surface area contributed by atoms with E-state index in [1.54, 1.807) is 0 Å². The third-order valence-corrected chi connectivity index (χ3v) is 15.5. The van der Waals surface area contributed by atoms with Crippen molar-refractivity contribution in [1.29, 1.82) is 0 Å². The highest BCUT2D eigenvalue weighted by molar-refractivity contribution is 7.47. The van der Waals surface area contributed by atoms with Crippen LogP contribution in [0.1, 0.15) is 297 Å². The van der Waals surface area contributed by atoms with Crippen molar-refractivity contribution in [3.8, 4) is 0 Å². The van der Waals surface area contributed by atoms with Crippen molar-refractivity contribution in [1.82, 2.24) is 0 Å². The van der Waals surface area contributed by atoms with E-state index in [0.29, 0.717) is 25.7 Å². The van der Waals surface area contributed by atoms with Gasteiger partial charge in [-0.05, 0) is 25.7 Å². The molecule has 0 fully saturated rings. The van der Waals surface area contributed by atoms with E-state index in [-0.39, 0.29) is 25.7 Å². The van der Waals surface area contributed by atoms with E-state index in [0.717, 1.165) is 96.3 Å². The Morgan fingerprint density at radius 3 is 0.756 bits per heavy atom. The minimum atomic E-state index is -4.93. The number of carbonyl (C=O) groups excluding carboxylic acids is 4. The van der Waals surface area contributed by atoms with Crippen molar-refractivity contribution in [2.75, 3.05) is 39.6 Å². The summed E-state index contributed by atoms with van der Waals surface area (Å²) in [6, 6.07) is 0. The highest BCUT2D eigenvalue weighted by Gasteiger charge is 2.30. The predicted octanol–water partition coefficient (Wildman–Crippen LogP) is 16.0. The van der Waals surface area contributed by atoms with Gasteiger partial charge in [0.05, 0.1) is 26.4 Å². The first-order valence-electron chi connectivity index (χ1n) is 31.3. The molecule has 0 saturated carbocycles. The molecule has 0 rings (SSSR count). The van der Waals surface area contributed by atoms with Crippen LogP contribution in [0.4, 0.5) is 0 Å². The zero-order valence-corrected chi connectivity index (χ0v) is 51.4. The minimum absolute atomic E-state index is 0.105. The molecular formula is C59H114O17P2. The predicted molar refractivity (Wildman–Crippen MR) is 308 cm³/mol. The van der Waals surface area contributed by atoms with Gasteiger partial charge >= 0.3 is 39.5 Å². The van der Waals surface area contributed by atoms with Crippen LogP contribution >= 0.6 is 15.6 Å². The van der Waals surface area contributed by atoms with Gasteiger partial charge in [0.25, 0.3) is 0 Å². The maximum atomic E-state index is 12.9. The van der Waals surface area contributed by atoms with Crippen LogP contribution in [-0.4, -0.2) is 96.7 Å². The van der Waals surface area contributed by atoms with Crippen molar-refractivity contribution in [2.24, 2.45) is 0 Å². The highest BCUT2D eigenvalue weighted by atomic mass is 31.2. The Bertz CT molecular complexity index is 1520. The fraction of sp³-hybridized carbons (Fsp3) is 0.932. The molecule has 17 nitrogen and oxygen atoms in total. The fourth-order valence-corrected chi connectivity index (χ4v) is 10.3. The molecule has 462 valence electrons. The summed E-state index contributed by atoms with van der Waals surface area (Å²) in [7, 11) is -9.86. The Morgan fingerprint density at radius 1 is 0.308 bits per heavy atom. The normalized spacial score (nSPS) is 14.3. The highest BCUT2D eigenvalue weighted by Crippen LogP contribution is 2.45. The smallest absolute Gasteiger partial charge is 0.462 e. The topological polar surface area (TPSA) is 237 Å². The molecule has 0 aliphatic heterocycles. The summed E-state index contributed by atoms with van der Waals surface area (Å²) in [5.74, 6) is -2.15. The molecule has 0 heterocycles. The fourth-order valence-electron chi connectivity index (χ4n) is 8.75. The molecular weight excluding hydrogens is 1040 g/mol. The molecule has 0 saturated heterocycles. The Kier molecular flexibility index (Phi) is 53.0. The number of aliphatic hydroxyl groups is 1. The number of ether oxygens (including phenoxy) is 4. The lowest BCUT2D eigenvalue weighted by Gasteiger charge is -2.21. The number of phosphoric ester groups is 2. The lowest BCUT2D eigenvalue weighted by Crippen LogP contribution is -2.30. The molecule has 0 aromatic carbocycles.